The molecule has 7 nitrogen and oxygen atoms in total. The van der Waals surface area contributed by atoms with Crippen LogP contribution in [0, 0.1) is 0 Å². The van der Waals surface area contributed by atoms with Crippen LogP contribution in [0.5, 0.6) is 0 Å². The fraction of sp³-hybridized carbons (Fsp3) is 0.160. The summed E-state index contributed by atoms with van der Waals surface area (Å²) >= 11 is 0. The van der Waals surface area contributed by atoms with E-state index in [-0.39, 0.29) is 12.2 Å². The van der Waals surface area contributed by atoms with E-state index in [2.05, 4.69) is 10.3 Å². The molecule has 0 radical (unpaired) electrons. The van der Waals surface area contributed by atoms with Crippen molar-refractivity contribution in [2.75, 3.05) is 12.0 Å². The highest BCUT2D eigenvalue weighted by Gasteiger charge is 2.23. The topological polar surface area (TPSA) is 113 Å². The Kier molecular flexibility index (Phi) is 7.74. The van der Waals surface area contributed by atoms with E-state index in [9.17, 15) is 23.1 Å². The molecular formula is C25H24N2O5S. The van der Waals surface area contributed by atoms with Crippen molar-refractivity contribution in [3.8, 4) is 11.1 Å². The van der Waals surface area contributed by atoms with Crippen LogP contribution in [0.2, 0.25) is 0 Å². The summed E-state index contributed by atoms with van der Waals surface area (Å²) in [5, 5.41) is 11.9. The Labute approximate surface area is 192 Å². The molecule has 3 aromatic rings. The summed E-state index contributed by atoms with van der Waals surface area (Å²) in [7, 11) is -3.37. The highest BCUT2D eigenvalue weighted by atomic mass is 32.2. The van der Waals surface area contributed by atoms with Crippen LogP contribution in [0.25, 0.3) is 23.3 Å². The number of amides is 1. The Bertz CT molecular complexity index is 1260. The van der Waals surface area contributed by atoms with Crippen molar-refractivity contribution < 1.29 is 23.1 Å². The van der Waals surface area contributed by atoms with Gasteiger partial charge in [-0.3, -0.25) is 9.78 Å². The van der Waals surface area contributed by atoms with Crippen LogP contribution in [0.15, 0.2) is 73.1 Å². The molecule has 0 aliphatic rings. The zero-order valence-corrected chi connectivity index (χ0v) is 18.8. The Balaban J connectivity index is 1.92. The van der Waals surface area contributed by atoms with Gasteiger partial charge in [0.15, 0.2) is 0 Å². The fourth-order valence-corrected chi connectivity index (χ4v) is 3.88. The standard InChI is InChI=1S/C25H24N2O5S/c1-33(31,32)15-13-23(25(29)30)27-24(28)21-12-11-18(9-10-19-6-5-14-26-17-19)16-22(21)20-7-3-2-4-8-20/h2-12,14,16-17,23H,13,15H2,1H3,(H,27,28)(H,29,30)/b10-9+/t23-/m0/s1. The lowest BCUT2D eigenvalue weighted by atomic mass is 9.96. The largest absolute Gasteiger partial charge is 0.480 e. The molecule has 1 amide bonds. The Hall–Kier alpha value is -3.78. The zero-order chi connectivity index (χ0) is 23.8. The lowest BCUT2D eigenvalue weighted by molar-refractivity contribution is -0.139. The molecule has 0 saturated heterocycles. The number of nitrogens with one attached hydrogen (secondary N) is 1. The average molecular weight is 465 g/mol. The van der Waals surface area contributed by atoms with E-state index in [1.807, 2.05) is 60.7 Å². The van der Waals surface area contributed by atoms with Crippen LogP contribution >= 0.6 is 0 Å². The van der Waals surface area contributed by atoms with Crippen molar-refractivity contribution in [1.82, 2.24) is 10.3 Å². The van der Waals surface area contributed by atoms with E-state index in [0.717, 1.165) is 22.9 Å². The van der Waals surface area contributed by atoms with E-state index in [1.165, 1.54) is 0 Å². The SMILES string of the molecule is CS(=O)(=O)CC[C@H](NC(=O)c1ccc(/C=C/c2cccnc2)cc1-c1ccccc1)C(=O)O. The number of aromatic nitrogens is 1. The number of pyridine rings is 1. The van der Waals surface area contributed by atoms with E-state index in [0.29, 0.717) is 11.1 Å². The Morgan fingerprint density at radius 1 is 1.03 bits per heavy atom. The van der Waals surface area contributed by atoms with Crippen molar-refractivity contribution in [1.29, 1.82) is 0 Å². The van der Waals surface area contributed by atoms with Gasteiger partial charge in [-0.1, -0.05) is 54.6 Å². The number of hydrogen-bond acceptors (Lipinski definition) is 5. The van der Waals surface area contributed by atoms with Crippen LogP contribution in [-0.4, -0.2) is 48.4 Å². The van der Waals surface area contributed by atoms with Crippen LogP contribution in [0.3, 0.4) is 0 Å². The summed E-state index contributed by atoms with van der Waals surface area (Å²) in [6.07, 6.45) is 8.04. The normalized spacial score (nSPS) is 12.4. The smallest absolute Gasteiger partial charge is 0.326 e. The highest BCUT2D eigenvalue weighted by molar-refractivity contribution is 7.90. The van der Waals surface area contributed by atoms with Gasteiger partial charge < -0.3 is 10.4 Å². The molecule has 3 rings (SSSR count). The molecule has 170 valence electrons. The first kappa shape index (κ1) is 23.9. The molecule has 0 bridgehead atoms. The van der Waals surface area contributed by atoms with Gasteiger partial charge in [-0.05, 0) is 46.9 Å². The van der Waals surface area contributed by atoms with Crippen LogP contribution < -0.4 is 5.32 Å². The summed E-state index contributed by atoms with van der Waals surface area (Å²) in [5.41, 5.74) is 3.50. The number of carboxylic acids is 1. The van der Waals surface area contributed by atoms with Gasteiger partial charge in [0.25, 0.3) is 5.91 Å². The fourth-order valence-electron chi connectivity index (χ4n) is 3.21. The molecule has 0 saturated carbocycles. The van der Waals surface area contributed by atoms with Gasteiger partial charge in [0, 0.05) is 24.2 Å². The van der Waals surface area contributed by atoms with Gasteiger partial charge in [0.1, 0.15) is 15.9 Å². The molecule has 2 aromatic carbocycles. The minimum atomic E-state index is -3.37. The second kappa shape index (κ2) is 10.7. The van der Waals surface area contributed by atoms with Gasteiger partial charge in [0.2, 0.25) is 0 Å². The van der Waals surface area contributed by atoms with Gasteiger partial charge in [-0.2, -0.15) is 0 Å². The first-order valence-electron chi connectivity index (χ1n) is 10.2. The zero-order valence-electron chi connectivity index (χ0n) is 18.0. The molecule has 0 aliphatic carbocycles. The minimum Gasteiger partial charge on any atom is -0.480 e. The lowest BCUT2D eigenvalue weighted by Crippen LogP contribution is -2.42. The summed E-state index contributed by atoms with van der Waals surface area (Å²) in [6, 6.07) is 17.0. The van der Waals surface area contributed by atoms with Gasteiger partial charge >= 0.3 is 5.97 Å². The molecule has 0 fully saturated rings. The number of benzene rings is 2. The third-order valence-corrected chi connectivity index (χ3v) is 5.88. The Morgan fingerprint density at radius 2 is 1.76 bits per heavy atom. The molecule has 0 spiro atoms. The number of carbonyl (C=O) groups is 2. The molecule has 2 N–H and O–H groups in total. The molecule has 0 aliphatic heterocycles. The predicted octanol–water partition coefficient (Wildman–Crippen LogP) is 3.54. The van der Waals surface area contributed by atoms with Crippen LogP contribution in [-0.2, 0) is 14.6 Å². The third kappa shape index (κ3) is 7.11. The van der Waals surface area contributed by atoms with Crippen LogP contribution in [0.4, 0.5) is 0 Å². The van der Waals surface area contributed by atoms with Crippen LogP contribution in [0.1, 0.15) is 27.9 Å². The summed E-state index contributed by atoms with van der Waals surface area (Å²) in [6.45, 7) is 0. The summed E-state index contributed by atoms with van der Waals surface area (Å²) < 4.78 is 22.9. The number of sulfone groups is 1. The molecule has 1 heterocycles. The first-order chi connectivity index (χ1) is 15.7. The summed E-state index contributed by atoms with van der Waals surface area (Å²) in [5.74, 6) is -2.21. The maximum absolute atomic E-state index is 13.0. The molecule has 1 aromatic heterocycles. The molecule has 8 heteroatoms. The average Bonchev–Trinajstić information content (AvgIpc) is 2.80. The monoisotopic (exact) mass is 464 g/mol. The number of aliphatic carboxylic acids is 1. The maximum atomic E-state index is 13.0. The lowest BCUT2D eigenvalue weighted by Gasteiger charge is -2.16. The molecule has 1 atom stereocenters. The minimum absolute atomic E-state index is 0.216. The van der Waals surface area contributed by atoms with E-state index in [4.69, 9.17) is 0 Å². The first-order valence-corrected chi connectivity index (χ1v) is 12.3. The highest BCUT2D eigenvalue weighted by Crippen LogP contribution is 2.26. The van der Waals surface area contributed by atoms with E-state index < -0.39 is 27.8 Å². The predicted molar refractivity (Wildman–Crippen MR) is 128 cm³/mol. The molecular weight excluding hydrogens is 440 g/mol. The maximum Gasteiger partial charge on any atom is 0.326 e. The summed E-state index contributed by atoms with van der Waals surface area (Å²) in [4.78, 5) is 28.7. The van der Waals surface area contributed by atoms with Gasteiger partial charge in [0.05, 0.1) is 5.75 Å². The number of carboxylic acid groups (broad SMARTS) is 1. The molecule has 33 heavy (non-hydrogen) atoms. The number of hydrogen-bond donors (Lipinski definition) is 2. The van der Waals surface area contributed by atoms with E-state index in [1.54, 1.807) is 24.5 Å². The van der Waals surface area contributed by atoms with Gasteiger partial charge in [-0.15, -0.1) is 0 Å². The second-order valence-electron chi connectivity index (χ2n) is 7.57. The molecule has 0 unspecified atom stereocenters. The van der Waals surface area contributed by atoms with Crippen molar-refractivity contribution in [2.45, 2.75) is 12.5 Å². The Morgan fingerprint density at radius 3 is 2.39 bits per heavy atom. The van der Waals surface area contributed by atoms with Gasteiger partial charge in [-0.25, -0.2) is 13.2 Å². The third-order valence-electron chi connectivity index (χ3n) is 4.91. The van der Waals surface area contributed by atoms with Crippen molar-refractivity contribution in [2.24, 2.45) is 0 Å². The number of carbonyl (C=O) groups excluding carboxylic acids is 1. The number of rotatable bonds is 9. The van der Waals surface area contributed by atoms with Crippen molar-refractivity contribution in [3.63, 3.8) is 0 Å². The second-order valence-corrected chi connectivity index (χ2v) is 9.83. The number of nitrogens with zero attached hydrogens (tertiary/aromatic N) is 1. The van der Waals surface area contributed by atoms with Crippen molar-refractivity contribution in [3.05, 3.63) is 89.7 Å². The van der Waals surface area contributed by atoms with Crippen molar-refractivity contribution >= 4 is 33.9 Å². The quantitative estimate of drug-likeness (QED) is 0.501. The van der Waals surface area contributed by atoms with E-state index >= 15 is 0 Å².